The summed E-state index contributed by atoms with van der Waals surface area (Å²) in [5.41, 5.74) is 0. The van der Waals surface area contributed by atoms with E-state index in [1.165, 1.54) is 0 Å². The zero-order valence-corrected chi connectivity index (χ0v) is 11.5. The van der Waals surface area contributed by atoms with Gasteiger partial charge in [0.2, 0.25) is 0 Å². The van der Waals surface area contributed by atoms with Crippen LogP contribution in [0.2, 0.25) is 0 Å². The number of nitrogens with one attached hydrogen (secondary N) is 1. The van der Waals surface area contributed by atoms with Gasteiger partial charge in [0.1, 0.15) is 0 Å². The maximum absolute atomic E-state index is 12.3. The van der Waals surface area contributed by atoms with Crippen LogP contribution < -0.4 is 5.32 Å². The Morgan fingerprint density at radius 2 is 1.61 bits per heavy atom. The van der Waals surface area contributed by atoms with E-state index in [1.54, 1.807) is 13.8 Å². The van der Waals surface area contributed by atoms with Crippen LogP contribution in [0.25, 0.3) is 0 Å². The summed E-state index contributed by atoms with van der Waals surface area (Å²) in [7, 11) is -3.28. The Hall–Kier alpha value is -0.0100. The van der Waals surface area contributed by atoms with Crippen molar-refractivity contribution in [1.29, 1.82) is 0 Å². The lowest BCUT2D eigenvalue weighted by molar-refractivity contribution is 0.0211. The summed E-state index contributed by atoms with van der Waals surface area (Å²) < 4.78 is 22.5. The van der Waals surface area contributed by atoms with Gasteiger partial charge in [-0.15, -0.1) is 0 Å². The maximum atomic E-state index is 12.3. The van der Waals surface area contributed by atoms with Gasteiger partial charge in [-0.2, -0.15) is 0 Å². The summed E-state index contributed by atoms with van der Waals surface area (Å²) in [5, 5.41) is 31.3. The van der Waals surface area contributed by atoms with E-state index >= 15 is 0 Å². The molecule has 1 rings (SSSR count). The molecule has 18 heavy (non-hydrogen) atoms. The molecule has 1 fully saturated rings. The van der Waals surface area contributed by atoms with Gasteiger partial charge < -0.3 is 29.7 Å². The molecule has 0 aromatic carbocycles. The van der Waals surface area contributed by atoms with Crippen LogP contribution >= 0.6 is 7.60 Å². The molecule has 1 aliphatic heterocycles. The highest BCUT2D eigenvalue weighted by Gasteiger charge is 2.44. The Kier molecular flexibility index (Phi) is 6.20. The summed E-state index contributed by atoms with van der Waals surface area (Å²) in [6, 6.07) is -1.25. The van der Waals surface area contributed by atoms with Crippen molar-refractivity contribution in [3.05, 3.63) is 0 Å². The number of hydrogen-bond acceptors (Lipinski definition) is 7. The average Bonchev–Trinajstić information content (AvgIpc) is 2.57. The van der Waals surface area contributed by atoms with E-state index < -0.39 is 31.9 Å². The van der Waals surface area contributed by atoms with Crippen LogP contribution in [0.1, 0.15) is 13.8 Å². The molecule has 1 saturated heterocycles. The normalized spacial score (nSPS) is 32.9. The topological polar surface area (TPSA) is 108 Å². The molecule has 4 unspecified atom stereocenters. The quantitative estimate of drug-likeness (QED) is 0.458. The third-order valence-corrected chi connectivity index (χ3v) is 5.01. The number of rotatable bonds is 7. The Morgan fingerprint density at radius 1 is 1.11 bits per heavy atom. The molecule has 4 atom stereocenters. The van der Waals surface area contributed by atoms with Crippen LogP contribution in [0.15, 0.2) is 0 Å². The van der Waals surface area contributed by atoms with Crippen molar-refractivity contribution in [3.8, 4) is 0 Å². The fourth-order valence-electron chi connectivity index (χ4n) is 2.05. The van der Waals surface area contributed by atoms with Crippen molar-refractivity contribution in [1.82, 2.24) is 5.32 Å². The number of aliphatic hydroxyl groups is 3. The predicted molar refractivity (Wildman–Crippen MR) is 65.5 cm³/mol. The van der Waals surface area contributed by atoms with Crippen molar-refractivity contribution in [3.63, 3.8) is 0 Å². The summed E-state index contributed by atoms with van der Waals surface area (Å²) in [6.45, 7) is 3.59. The molecule has 4 N–H and O–H groups in total. The minimum Gasteiger partial charge on any atom is -0.395 e. The molecular formula is C10H22NO6P. The van der Waals surface area contributed by atoms with Crippen LogP contribution in [-0.4, -0.2) is 65.6 Å². The summed E-state index contributed by atoms with van der Waals surface area (Å²) in [5.74, 6) is 0. The molecule has 0 aromatic heterocycles. The molecule has 0 saturated carbocycles. The van der Waals surface area contributed by atoms with Crippen molar-refractivity contribution in [2.45, 2.75) is 38.1 Å². The van der Waals surface area contributed by atoms with Crippen molar-refractivity contribution in [2.75, 3.05) is 26.0 Å². The first-order valence-corrected chi connectivity index (χ1v) is 7.81. The van der Waals surface area contributed by atoms with Gasteiger partial charge in [-0.05, 0) is 13.8 Å². The van der Waals surface area contributed by atoms with E-state index in [4.69, 9.17) is 14.2 Å². The Bertz CT molecular complexity index is 292. The molecule has 0 aromatic rings. The minimum absolute atomic E-state index is 0.0383. The second-order valence-electron chi connectivity index (χ2n) is 4.17. The summed E-state index contributed by atoms with van der Waals surface area (Å²) in [4.78, 5) is 0. The zero-order valence-electron chi connectivity index (χ0n) is 10.7. The highest BCUT2D eigenvalue weighted by molar-refractivity contribution is 7.53. The molecule has 7 nitrogen and oxygen atoms in total. The molecule has 1 aliphatic rings. The van der Waals surface area contributed by atoms with E-state index in [0.717, 1.165) is 0 Å². The molecule has 0 radical (unpaired) electrons. The first kappa shape index (κ1) is 16.0. The first-order valence-electron chi connectivity index (χ1n) is 6.08. The summed E-state index contributed by atoms with van der Waals surface area (Å²) >= 11 is 0. The van der Waals surface area contributed by atoms with Crippen molar-refractivity contribution >= 4 is 7.60 Å². The minimum atomic E-state index is -3.28. The third kappa shape index (κ3) is 3.74. The first-order chi connectivity index (χ1) is 8.47. The summed E-state index contributed by atoms with van der Waals surface area (Å²) in [6.07, 6.45) is -2.23. The molecule has 0 bridgehead atoms. The Morgan fingerprint density at radius 3 is 2.00 bits per heavy atom. The van der Waals surface area contributed by atoms with E-state index in [9.17, 15) is 14.8 Å². The van der Waals surface area contributed by atoms with Gasteiger partial charge >= 0.3 is 7.60 Å². The maximum Gasteiger partial charge on any atom is 0.332 e. The van der Waals surface area contributed by atoms with Gasteiger partial charge in [-0.1, -0.05) is 0 Å². The lowest BCUT2D eigenvalue weighted by atomic mass is 10.1. The molecular weight excluding hydrogens is 261 g/mol. The van der Waals surface area contributed by atoms with E-state index in [-0.39, 0.29) is 26.0 Å². The highest BCUT2D eigenvalue weighted by atomic mass is 31.2. The lowest BCUT2D eigenvalue weighted by Gasteiger charge is -2.22. The SMILES string of the molecule is CCOP(=O)(CC1NC(CO)C(O)C1O)OCC. The van der Waals surface area contributed by atoms with Gasteiger partial charge in [-0.3, -0.25) is 4.57 Å². The van der Waals surface area contributed by atoms with Crippen LogP contribution in [-0.2, 0) is 13.6 Å². The zero-order chi connectivity index (χ0) is 13.8. The van der Waals surface area contributed by atoms with Gasteiger partial charge in [-0.25, -0.2) is 0 Å². The fraction of sp³-hybridized carbons (Fsp3) is 1.00. The predicted octanol–water partition coefficient (Wildman–Crippen LogP) is -0.693. The molecule has 0 spiro atoms. The molecule has 1 heterocycles. The Labute approximate surface area is 107 Å². The highest BCUT2D eigenvalue weighted by Crippen LogP contribution is 2.49. The third-order valence-electron chi connectivity index (χ3n) is 2.87. The standard InChI is InChI=1S/C10H22NO6P/c1-3-16-18(15,17-4-2)6-8-10(14)9(13)7(5-12)11-8/h7-14H,3-6H2,1-2H3. The van der Waals surface area contributed by atoms with Crippen molar-refractivity contribution < 1.29 is 28.9 Å². The smallest absolute Gasteiger partial charge is 0.332 e. The van der Waals surface area contributed by atoms with Gasteiger partial charge in [0, 0.05) is 6.04 Å². The van der Waals surface area contributed by atoms with Gasteiger partial charge in [0.15, 0.2) is 0 Å². The van der Waals surface area contributed by atoms with Gasteiger partial charge in [0.25, 0.3) is 0 Å². The van der Waals surface area contributed by atoms with Crippen LogP contribution in [0.5, 0.6) is 0 Å². The van der Waals surface area contributed by atoms with Crippen LogP contribution in [0.4, 0.5) is 0 Å². The number of aliphatic hydroxyl groups excluding tert-OH is 3. The monoisotopic (exact) mass is 283 g/mol. The van der Waals surface area contributed by atoms with Crippen LogP contribution in [0, 0.1) is 0 Å². The largest absolute Gasteiger partial charge is 0.395 e. The van der Waals surface area contributed by atoms with Crippen molar-refractivity contribution in [2.24, 2.45) is 0 Å². The number of hydrogen-bond donors (Lipinski definition) is 4. The van der Waals surface area contributed by atoms with E-state index in [0.29, 0.717) is 0 Å². The average molecular weight is 283 g/mol. The second kappa shape index (κ2) is 6.96. The van der Waals surface area contributed by atoms with Crippen LogP contribution in [0.3, 0.4) is 0 Å². The second-order valence-corrected chi connectivity index (χ2v) is 6.28. The Balaban J connectivity index is 2.67. The molecule has 0 amide bonds. The molecule has 0 aliphatic carbocycles. The lowest BCUT2D eigenvalue weighted by Crippen LogP contribution is -2.38. The van der Waals surface area contributed by atoms with Gasteiger partial charge in [0.05, 0.1) is 44.2 Å². The molecule has 8 heteroatoms. The van der Waals surface area contributed by atoms with E-state index in [1.807, 2.05) is 0 Å². The fourth-order valence-corrected chi connectivity index (χ4v) is 3.92. The molecule has 108 valence electrons. The van der Waals surface area contributed by atoms with E-state index in [2.05, 4.69) is 5.32 Å².